The Morgan fingerprint density at radius 3 is 3.50 bits per heavy atom. The number of anilines is 1. The molecule has 0 saturated heterocycles. The van der Waals surface area contributed by atoms with Crippen molar-refractivity contribution in [3.8, 4) is 5.75 Å². The van der Waals surface area contributed by atoms with Gasteiger partial charge in [-0.25, -0.2) is 0 Å². The topological polar surface area (TPSA) is 34.2 Å². The van der Waals surface area contributed by atoms with Crippen LogP contribution in [-0.2, 0) is 0 Å². The number of aromatic nitrogens is 1. The van der Waals surface area contributed by atoms with E-state index in [1.54, 1.807) is 12.4 Å². The summed E-state index contributed by atoms with van der Waals surface area (Å²) < 4.78 is 5.36. The Balaban J connectivity index is 0.000000605. The van der Waals surface area contributed by atoms with Crippen LogP contribution in [0.2, 0.25) is 0 Å². The zero-order valence-electron chi connectivity index (χ0n) is 5.66. The van der Waals surface area contributed by atoms with Gasteiger partial charge < -0.3 is 10.1 Å². The van der Waals surface area contributed by atoms with Crippen molar-refractivity contribution in [1.29, 1.82) is 0 Å². The Morgan fingerprint density at radius 1 is 1.80 bits per heavy atom. The molecule has 0 amide bonds. The van der Waals surface area contributed by atoms with Crippen molar-refractivity contribution in [2.45, 2.75) is 13.2 Å². The molecule has 0 saturated carbocycles. The number of hydrogen-bond acceptors (Lipinski definition) is 3. The fraction of sp³-hybridized carbons (Fsp3) is 0.286. The molecule has 0 fully saturated rings. The lowest BCUT2D eigenvalue weighted by Gasteiger charge is -2.00. The summed E-state index contributed by atoms with van der Waals surface area (Å²) in [5, 5.41) is 3.11. The Bertz CT molecular complexity index is 229. The highest BCUT2D eigenvalue weighted by Crippen LogP contribution is 2.29. The molecule has 10 heavy (non-hydrogen) atoms. The number of pyridine rings is 1. The number of hydrogen-bond donors (Lipinski definition) is 1. The van der Waals surface area contributed by atoms with Crippen molar-refractivity contribution in [1.82, 2.24) is 4.98 Å². The van der Waals surface area contributed by atoms with Gasteiger partial charge in [-0.1, -0.05) is 0 Å². The van der Waals surface area contributed by atoms with Gasteiger partial charge in [0.25, 0.3) is 0 Å². The van der Waals surface area contributed by atoms with Crippen LogP contribution in [0.5, 0.6) is 5.75 Å². The molecule has 0 bridgehead atoms. The molecule has 1 aliphatic heterocycles. The zero-order chi connectivity index (χ0) is 6.97. The van der Waals surface area contributed by atoms with Gasteiger partial charge in [0.15, 0.2) is 6.23 Å². The van der Waals surface area contributed by atoms with Crippen molar-refractivity contribution < 1.29 is 6.16 Å². The number of ether oxygens (including phenoxy) is 1. The van der Waals surface area contributed by atoms with Gasteiger partial charge in [-0.05, 0) is 6.92 Å². The third kappa shape index (κ3) is 0.708. The predicted octanol–water partition coefficient (Wildman–Crippen LogP) is 1.48. The number of nitrogens with one attached hydrogen (secondary N) is 1. The summed E-state index contributed by atoms with van der Waals surface area (Å²) in [6, 6.07) is 1.85. The number of nitrogens with zero attached hydrogens (tertiary/aromatic N) is 1. The van der Waals surface area contributed by atoms with E-state index >= 15 is 0 Å². The van der Waals surface area contributed by atoms with Crippen LogP contribution in [0.3, 0.4) is 0 Å². The van der Waals surface area contributed by atoms with Crippen LogP contribution in [0.15, 0.2) is 18.5 Å². The van der Waals surface area contributed by atoms with Gasteiger partial charge in [0.05, 0.1) is 11.9 Å². The standard InChI is InChI=1S/C7H8N2O.H2/c1-5-9-6-4-8-3-2-7(6)10-5;/h2-5,9H,1H3;1H. The molecule has 0 radical (unpaired) electrons. The van der Waals surface area contributed by atoms with Gasteiger partial charge in [-0.3, -0.25) is 4.98 Å². The predicted molar refractivity (Wildman–Crippen MR) is 40.1 cm³/mol. The van der Waals surface area contributed by atoms with Gasteiger partial charge in [-0.2, -0.15) is 0 Å². The van der Waals surface area contributed by atoms with E-state index < -0.39 is 0 Å². The molecule has 1 aliphatic rings. The zero-order valence-corrected chi connectivity index (χ0v) is 5.66. The summed E-state index contributed by atoms with van der Waals surface area (Å²) in [6.07, 6.45) is 3.57. The first-order valence-corrected chi connectivity index (χ1v) is 3.23. The van der Waals surface area contributed by atoms with Gasteiger partial charge in [-0.15, -0.1) is 0 Å². The minimum Gasteiger partial charge on any atom is -0.469 e. The van der Waals surface area contributed by atoms with Gasteiger partial charge in [0.1, 0.15) is 5.75 Å². The highest BCUT2D eigenvalue weighted by Gasteiger charge is 2.15. The molecule has 3 nitrogen and oxygen atoms in total. The summed E-state index contributed by atoms with van der Waals surface area (Å²) >= 11 is 0. The van der Waals surface area contributed by atoms with Crippen molar-refractivity contribution in [2.75, 3.05) is 5.32 Å². The van der Waals surface area contributed by atoms with Crippen molar-refractivity contribution in [2.24, 2.45) is 0 Å². The van der Waals surface area contributed by atoms with Crippen molar-refractivity contribution in [3.63, 3.8) is 0 Å². The van der Waals surface area contributed by atoms with E-state index in [9.17, 15) is 0 Å². The molecule has 0 aliphatic carbocycles. The lowest BCUT2D eigenvalue weighted by Crippen LogP contribution is -2.13. The summed E-state index contributed by atoms with van der Waals surface area (Å²) in [5.74, 6) is 0.891. The molecule has 1 unspecified atom stereocenters. The molecule has 54 valence electrons. The van der Waals surface area contributed by atoms with Crippen LogP contribution in [0.25, 0.3) is 0 Å². The van der Waals surface area contributed by atoms with Crippen LogP contribution in [-0.4, -0.2) is 11.2 Å². The van der Waals surface area contributed by atoms with E-state index in [1.807, 2.05) is 13.0 Å². The van der Waals surface area contributed by atoms with Crippen molar-refractivity contribution in [3.05, 3.63) is 18.5 Å². The third-order valence-corrected chi connectivity index (χ3v) is 1.44. The average molecular weight is 138 g/mol. The highest BCUT2D eigenvalue weighted by atomic mass is 16.5. The van der Waals surface area contributed by atoms with Crippen LogP contribution in [0.1, 0.15) is 8.35 Å². The lowest BCUT2D eigenvalue weighted by atomic mass is 10.4. The van der Waals surface area contributed by atoms with Crippen LogP contribution in [0, 0.1) is 0 Å². The third-order valence-electron chi connectivity index (χ3n) is 1.44. The molecule has 0 aromatic carbocycles. The minimum atomic E-state index is 0. The Morgan fingerprint density at radius 2 is 2.70 bits per heavy atom. The first kappa shape index (κ1) is 5.53. The highest BCUT2D eigenvalue weighted by molar-refractivity contribution is 5.57. The normalized spacial score (nSPS) is 21.1. The van der Waals surface area contributed by atoms with E-state index in [0.717, 1.165) is 11.4 Å². The summed E-state index contributed by atoms with van der Waals surface area (Å²) in [7, 11) is 0. The molecule has 2 heterocycles. The molecule has 1 N–H and O–H groups in total. The van der Waals surface area contributed by atoms with Gasteiger partial charge in [0, 0.05) is 13.7 Å². The summed E-state index contributed by atoms with van der Waals surface area (Å²) in [5.41, 5.74) is 0.981. The second-order valence-corrected chi connectivity index (χ2v) is 2.28. The quantitative estimate of drug-likeness (QED) is 0.589. The largest absolute Gasteiger partial charge is 0.469 e. The maximum atomic E-state index is 5.36. The fourth-order valence-corrected chi connectivity index (χ4v) is 1.03. The van der Waals surface area contributed by atoms with E-state index in [-0.39, 0.29) is 7.65 Å². The van der Waals surface area contributed by atoms with Crippen LogP contribution >= 0.6 is 0 Å². The maximum absolute atomic E-state index is 5.36. The van der Waals surface area contributed by atoms with Crippen LogP contribution in [0.4, 0.5) is 5.69 Å². The maximum Gasteiger partial charge on any atom is 0.167 e. The van der Waals surface area contributed by atoms with Gasteiger partial charge >= 0.3 is 0 Å². The summed E-state index contributed by atoms with van der Waals surface area (Å²) in [6.45, 7) is 1.96. The van der Waals surface area contributed by atoms with E-state index in [4.69, 9.17) is 4.74 Å². The number of rotatable bonds is 0. The average Bonchev–Trinajstić information content (AvgIpc) is 2.27. The second-order valence-electron chi connectivity index (χ2n) is 2.28. The SMILES string of the molecule is CC1Nc2cnccc2O1.[HH]. The molecule has 0 spiro atoms. The Labute approximate surface area is 60.5 Å². The van der Waals surface area contributed by atoms with E-state index in [2.05, 4.69) is 10.3 Å². The monoisotopic (exact) mass is 138 g/mol. The second kappa shape index (κ2) is 1.87. The smallest absolute Gasteiger partial charge is 0.167 e. The number of fused-ring (bicyclic) bond motifs is 1. The molecule has 1 atom stereocenters. The molecule has 1 aromatic heterocycles. The van der Waals surface area contributed by atoms with Crippen LogP contribution < -0.4 is 10.1 Å². The van der Waals surface area contributed by atoms with Gasteiger partial charge in [0.2, 0.25) is 0 Å². The molecular weight excluding hydrogens is 128 g/mol. The lowest BCUT2D eigenvalue weighted by molar-refractivity contribution is 0.275. The summed E-state index contributed by atoms with van der Waals surface area (Å²) in [4.78, 5) is 3.95. The Kier molecular flexibility index (Phi) is 1.03. The van der Waals surface area contributed by atoms with Crippen molar-refractivity contribution >= 4 is 5.69 Å². The first-order chi connectivity index (χ1) is 4.86. The molecule has 3 heteroatoms. The Hall–Kier alpha value is -1.25. The first-order valence-electron chi connectivity index (χ1n) is 3.23. The molecule has 1 aromatic rings. The minimum absolute atomic E-state index is 0. The molecule has 2 rings (SSSR count). The van der Waals surface area contributed by atoms with E-state index in [1.165, 1.54) is 0 Å². The fourth-order valence-electron chi connectivity index (χ4n) is 1.03. The van der Waals surface area contributed by atoms with E-state index in [0.29, 0.717) is 0 Å². The molecular formula is C7H10N2O.